The number of halogens is 1. The highest BCUT2D eigenvalue weighted by atomic mass is 35.5. The predicted octanol–water partition coefficient (Wildman–Crippen LogP) is 1.98. The quantitative estimate of drug-likeness (QED) is 0.573. The number of esters is 1. The van der Waals surface area contributed by atoms with Crippen LogP contribution in [0.2, 0.25) is 5.02 Å². The van der Waals surface area contributed by atoms with Crippen LogP contribution in [0.3, 0.4) is 0 Å². The van der Waals surface area contributed by atoms with Gasteiger partial charge in [0.15, 0.2) is 5.65 Å². The van der Waals surface area contributed by atoms with Crippen molar-refractivity contribution in [1.82, 2.24) is 24.6 Å². The molecule has 0 aliphatic rings. The van der Waals surface area contributed by atoms with Gasteiger partial charge in [-0.25, -0.2) is 4.98 Å². The first-order chi connectivity index (χ1) is 14.3. The highest BCUT2D eigenvalue weighted by molar-refractivity contribution is 6.31. The molecular formula is C20H22ClN5O4. The average molecular weight is 432 g/mol. The second-order valence-electron chi connectivity index (χ2n) is 7.07. The predicted molar refractivity (Wildman–Crippen MR) is 111 cm³/mol. The van der Waals surface area contributed by atoms with Gasteiger partial charge in [-0.15, -0.1) is 0 Å². The Bertz CT molecular complexity index is 1140. The van der Waals surface area contributed by atoms with Crippen LogP contribution in [-0.2, 0) is 27.9 Å². The van der Waals surface area contributed by atoms with Gasteiger partial charge in [0.25, 0.3) is 5.56 Å². The first-order valence-electron chi connectivity index (χ1n) is 9.36. The van der Waals surface area contributed by atoms with Gasteiger partial charge in [-0.2, -0.15) is 5.10 Å². The Morgan fingerprint density at radius 1 is 1.27 bits per heavy atom. The monoisotopic (exact) mass is 431 g/mol. The Kier molecular flexibility index (Phi) is 6.51. The third-order valence-corrected chi connectivity index (χ3v) is 4.73. The number of carbonyl (C=O) groups excluding carboxylic acids is 2. The van der Waals surface area contributed by atoms with Gasteiger partial charge in [-0.1, -0.05) is 29.8 Å². The van der Waals surface area contributed by atoms with Crippen LogP contribution >= 0.6 is 11.6 Å². The highest BCUT2D eigenvalue weighted by Crippen LogP contribution is 2.25. The number of fused-ring (bicyclic) bond motifs is 1. The second-order valence-corrected chi connectivity index (χ2v) is 7.47. The van der Waals surface area contributed by atoms with Crippen LogP contribution in [0, 0.1) is 0 Å². The molecule has 2 heterocycles. The van der Waals surface area contributed by atoms with Crippen molar-refractivity contribution < 1.29 is 14.3 Å². The molecule has 0 saturated carbocycles. The van der Waals surface area contributed by atoms with Gasteiger partial charge in [-0.3, -0.25) is 23.6 Å². The summed E-state index contributed by atoms with van der Waals surface area (Å²) in [6, 6.07) is 6.22. The molecule has 2 aromatic heterocycles. The molecule has 1 unspecified atom stereocenters. The summed E-state index contributed by atoms with van der Waals surface area (Å²) < 4.78 is 7.87. The zero-order valence-electron chi connectivity index (χ0n) is 16.8. The summed E-state index contributed by atoms with van der Waals surface area (Å²) in [5.41, 5.74) is 0.639. The molecule has 0 saturated heterocycles. The number of aromatic nitrogens is 4. The van der Waals surface area contributed by atoms with Crippen LogP contribution in [-0.4, -0.2) is 37.3 Å². The van der Waals surface area contributed by atoms with E-state index in [1.165, 1.54) is 21.8 Å². The Balaban J connectivity index is 1.81. The maximum Gasteiger partial charge on any atom is 0.308 e. The minimum absolute atomic E-state index is 0.0948. The van der Waals surface area contributed by atoms with E-state index in [0.717, 1.165) is 0 Å². The summed E-state index contributed by atoms with van der Waals surface area (Å²) in [4.78, 5) is 41.6. The van der Waals surface area contributed by atoms with Crippen molar-refractivity contribution in [3.8, 4) is 0 Å². The van der Waals surface area contributed by atoms with Crippen molar-refractivity contribution in [3.05, 3.63) is 57.7 Å². The van der Waals surface area contributed by atoms with Crippen molar-refractivity contribution in [2.75, 3.05) is 0 Å². The molecule has 0 spiro atoms. The van der Waals surface area contributed by atoms with Crippen LogP contribution in [0.1, 0.15) is 31.9 Å². The summed E-state index contributed by atoms with van der Waals surface area (Å²) in [6.07, 6.45) is 2.33. The van der Waals surface area contributed by atoms with E-state index in [1.54, 1.807) is 45.2 Å². The maximum absolute atomic E-state index is 12.7. The Hall–Kier alpha value is -3.20. The number of nitrogens with one attached hydrogen (secondary N) is 1. The molecule has 0 fully saturated rings. The van der Waals surface area contributed by atoms with Crippen molar-refractivity contribution in [2.24, 2.45) is 7.05 Å². The molecule has 1 aromatic carbocycles. The van der Waals surface area contributed by atoms with Gasteiger partial charge in [-0.05, 0) is 25.5 Å². The molecule has 10 heteroatoms. The van der Waals surface area contributed by atoms with Crippen LogP contribution < -0.4 is 10.9 Å². The zero-order chi connectivity index (χ0) is 21.8. The number of amides is 1. The summed E-state index contributed by atoms with van der Waals surface area (Å²) in [5.74, 6) is -0.935. The number of hydrogen-bond acceptors (Lipinski definition) is 6. The van der Waals surface area contributed by atoms with Crippen molar-refractivity contribution >= 4 is 34.5 Å². The summed E-state index contributed by atoms with van der Waals surface area (Å²) in [7, 11) is 1.68. The third-order valence-electron chi connectivity index (χ3n) is 4.39. The van der Waals surface area contributed by atoms with Crippen LogP contribution in [0.4, 0.5) is 0 Å². The van der Waals surface area contributed by atoms with E-state index in [-0.39, 0.29) is 24.6 Å². The Morgan fingerprint density at radius 3 is 2.70 bits per heavy atom. The standard InChI is InChI=1S/C20H22ClN5O4/c1-12(2)30-18(28)8-16(13-6-4-5-7-15(13)21)24-17(27)10-26-11-22-19-14(20(26)29)9-23-25(19)3/h4-7,9,11-12,16H,8,10H2,1-3H3,(H,24,27). The van der Waals surface area contributed by atoms with Crippen LogP contribution in [0.5, 0.6) is 0 Å². The first kappa shape index (κ1) is 21.5. The van der Waals surface area contributed by atoms with Gasteiger partial charge in [0.2, 0.25) is 5.91 Å². The molecule has 3 aromatic rings. The first-order valence-corrected chi connectivity index (χ1v) is 9.74. The molecule has 158 valence electrons. The summed E-state index contributed by atoms with van der Waals surface area (Å²) in [6.45, 7) is 3.22. The SMILES string of the molecule is CC(C)OC(=O)CC(NC(=O)Cn1cnc2c(cnn2C)c1=O)c1ccccc1Cl. The van der Waals surface area contributed by atoms with Crippen LogP contribution in [0.25, 0.3) is 11.0 Å². The number of hydrogen-bond donors (Lipinski definition) is 1. The molecule has 0 aliphatic carbocycles. The molecule has 9 nitrogen and oxygen atoms in total. The number of rotatable bonds is 7. The Labute approximate surface area is 177 Å². The number of nitrogens with zero attached hydrogens (tertiary/aromatic N) is 4. The molecule has 3 rings (SSSR count). The van der Waals surface area contributed by atoms with E-state index >= 15 is 0 Å². The lowest BCUT2D eigenvalue weighted by molar-refractivity contribution is -0.148. The number of aryl methyl sites for hydroxylation is 1. The molecule has 1 N–H and O–H groups in total. The lowest BCUT2D eigenvalue weighted by atomic mass is 10.0. The number of carbonyl (C=O) groups is 2. The lowest BCUT2D eigenvalue weighted by Crippen LogP contribution is -2.36. The van der Waals surface area contributed by atoms with Gasteiger partial charge >= 0.3 is 5.97 Å². The smallest absolute Gasteiger partial charge is 0.308 e. The van der Waals surface area contributed by atoms with E-state index in [9.17, 15) is 14.4 Å². The van der Waals surface area contributed by atoms with Crippen LogP contribution in [0.15, 0.2) is 41.6 Å². The molecule has 0 bridgehead atoms. The van der Waals surface area contributed by atoms with E-state index in [2.05, 4.69) is 15.4 Å². The molecule has 0 aliphatic heterocycles. The van der Waals surface area contributed by atoms with E-state index in [4.69, 9.17) is 16.3 Å². The Morgan fingerprint density at radius 2 is 2.00 bits per heavy atom. The van der Waals surface area contributed by atoms with Gasteiger partial charge < -0.3 is 10.1 Å². The topological polar surface area (TPSA) is 108 Å². The van der Waals surface area contributed by atoms with Crippen molar-refractivity contribution in [3.63, 3.8) is 0 Å². The van der Waals surface area contributed by atoms with Crippen molar-refractivity contribution in [1.29, 1.82) is 0 Å². The summed E-state index contributed by atoms with van der Waals surface area (Å²) in [5, 5.41) is 7.51. The molecule has 1 atom stereocenters. The fourth-order valence-corrected chi connectivity index (χ4v) is 3.32. The van der Waals surface area contributed by atoms with Gasteiger partial charge in [0.05, 0.1) is 24.8 Å². The minimum Gasteiger partial charge on any atom is -0.463 e. The van der Waals surface area contributed by atoms with E-state index in [0.29, 0.717) is 21.6 Å². The maximum atomic E-state index is 12.7. The van der Waals surface area contributed by atoms with Crippen molar-refractivity contribution in [2.45, 2.75) is 39.0 Å². The fraction of sp³-hybridized carbons (Fsp3) is 0.350. The van der Waals surface area contributed by atoms with E-state index in [1.807, 2.05) is 0 Å². The minimum atomic E-state index is -0.705. The molecular weight excluding hydrogens is 410 g/mol. The fourth-order valence-electron chi connectivity index (χ4n) is 3.05. The zero-order valence-corrected chi connectivity index (χ0v) is 17.6. The van der Waals surface area contributed by atoms with Gasteiger partial charge in [0.1, 0.15) is 18.3 Å². The number of ether oxygens (including phenoxy) is 1. The highest BCUT2D eigenvalue weighted by Gasteiger charge is 2.22. The third kappa shape index (κ3) is 4.85. The normalized spacial score (nSPS) is 12.2. The average Bonchev–Trinajstić information content (AvgIpc) is 3.05. The number of benzene rings is 1. The molecule has 30 heavy (non-hydrogen) atoms. The summed E-state index contributed by atoms with van der Waals surface area (Å²) >= 11 is 6.27. The molecule has 0 radical (unpaired) electrons. The largest absolute Gasteiger partial charge is 0.463 e. The molecule has 1 amide bonds. The second kappa shape index (κ2) is 9.08. The van der Waals surface area contributed by atoms with E-state index < -0.39 is 17.9 Å². The van der Waals surface area contributed by atoms with Gasteiger partial charge in [0, 0.05) is 12.1 Å². The lowest BCUT2D eigenvalue weighted by Gasteiger charge is -2.20.